The van der Waals surface area contributed by atoms with E-state index in [0.717, 1.165) is 0 Å². The SMILES string of the molecule is CNC(=O)/C(N=Nc1cccc2c1C(=O)N(CC(C)C)C2=O)=C(\NC)OC. The molecule has 144 valence electrons. The van der Waals surface area contributed by atoms with Crippen LogP contribution in [0.1, 0.15) is 34.6 Å². The number of ether oxygens (including phenoxy) is 1. The molecule has 0 fully saturated rings. The number of rotatable bonds is 7. The monoisotopic (exact) mass is 373 g/mol. The van der Waals surface area contributed by atoms with Crippen molar-refractivity contribution >= 4 is 23.4 Å². The van der Waals surface area contributed by atoms with Crippen LogP contribution in [-0.2, 0) is 9.53 Å². The van der Waals surface area contributed by atoms with E-state index in [1.807, 2.05) is 13.8 Å². The van der Waals surface area contributed by atoms with Crippen molar-refractivity contribution in [2.75, 3.05) is 27.7 Å². The molecule has 1 heterocycles. The minimum Gasteiger partial charge on any atom is -0.481 e. The minimum atomic E-state index is -0.513. The van der Waals surface area contributed by atoms with Crippen molar-refractivity contribution in [3.63, 3.8) is 0 Å². The lowest BCUT2D eigenvalue weighted by molar-refractivity contribution is -0.117. The molecule has 1 aliphatic heterocycles. The molecular formula is C18H23N5O4. The molecule has 1 aromatic rings. The molecule has 1 aliphatic rings. The van der Waals surface area contributed by atoms with E-state index in [-0.39, 0.29) is 40.2 Å². The summed E-state index contributed by atoms with van der Waals surface area (Å²) in [6.07, 6.45) is 0. The van der Waals surface area contributed by atoms with Gasteiger partial charge in [-0.25, -0.2) is 0 Å². The predicted molar refractivity (Wildman–Crippen MR) is 98.3 cm³/mol. The second-order valence-corrected chi connectivity index (χ2v) is 6.23. The number of amides is 3. The van der Waals surface area contributed by atoms with Gasteiger partial charge < -0.3 is 15.4 Å². The van der Waals surface area contributed by atoms with Crippen molar-refractivity contribution in [1.82, 2.24) is 15.5 Å². The first kappa shape index (κ1) is 20.1. The normalized spacial score (nSPS) is 14.5. The first-order valence-corrected chi connectivity index (χ1v) is 8.44. The topological polar surface area (TPSA) is 112 Å². The van der Waals surface area contributed by atoms with Crippen molar-refractivity contribution < 1.29 is 19.1 Å². The number of hydrogen-bond acceptors (Lipinski definition) is 7. The van der Waals surface area contributed by atoms with E-state index in [1.54, 1.807) is 25.2 Å². The van der Waals surface area contributed by atoms with E-state index in [4.69, 9.17) is 4.74 Å². The summed E-state index contributed by atoms with van der Waals surface area (Å²) in [5, 5.41) is 13.2. The van der Waals surface area contributed by atoms with E-state index < -0.39 is 11.8 Å². The smallest absolute Gasteiger partial charge is 0.277 e. The van der Waals surface area contributed by atoms with Crippen molar-refractivity contribution in [1.29, 1.82) is 0 Å². The Morgan fingerprint density at radius 2 is 1.89 bits per heavy atom. The van der Waals surface area contributed by atoms with Crippen LogP contribution in [0.2, 0.25) is 0 Å². The largest absolute Gasteiger partial charge is 0.481 e. The summed E-state index contributed by atoms with van der Waals surface area (Å²) in [5.74, 6) is -1.02. The molecule has 3 amide bonds. The maximum absolute atomic E-state index is 12.7. The Bertz CT molecular complexity index is 823. The summed E-state index contributed by atoms with van der Waals surface area (Å²) in [6.45, 7) is 4.17. The standard InChI is InChI=1S/C18H23N5O4/c1-10(2)9-23-17(25)11-7-6-8-12(13(11)18(23)26)21-22-14(15(24)19-3)16(20-4)27-5/h6-8,10,20H,9H2,1-5H3,(H,19,24)/b16-14-,22-21?. The average Bonchev–Trinajstić information content (AvgIpc) is 2.89. The molecule has 0 saturated carbocycles. The van der Waals surface area contributed by atoms with Gasteiger partial charge in [-0.05, 0) is 18.1 Å². The lowest BCUT2D eigenvalue weighted by atomic mass is 10.1. The number of likely N-dealkylation sites (N-methyl/N-ethyl adjacent to an activating group) is 1. The molecule has 0 aromatic heterocycles. The summed E-state index contributed by atoms with van der Waals surface area (Å²) >= 11 is 0. The lowest BCUT2D eigenvalue weighted by Crippen LogP contribution is -2.33. The molecule has 2 N–H and O–H groups in total. The number of benzene rings is 1. The number of methoxy groups -OCH3 is 1. The molecule has 0 bridgehead atoms. The zero-order valence-electron chi connectivity index (χ0n) is 16.0. The lowest BCUT2D eigenvalue weighted by Gasteiger charge is -2.15. The van der Waals surface area contributed by atoms with Crippen molar-refractivity contribution in [3.05, 3.63) is 40.9 Å². The molecule has 9 heteroatoms. The third-order valence-electron chi connectivity index (χ3n) is 3.87. The van der Waals surface area contributed by atoms with E-state index in [9.17, 15) is 14.4 Å². The second-order valence-electron chi connectivity index (χ2n) is 6.23. The molecule has 0 spiro atoms. The van der Waals surface area contributed by atoms with Crippen LogP contribution in [0.15, 0.2) is 40.0 Å². The van der Waals surface area contributed by atoms with Gasteiger partial charge >= 0.3 is 0 Å². The number of nitrogens with zero attached hydrogens (tertiary/aromatic N) is 3. The highest BCUT2D eigenvalue weighted by Gasteiger charge is 2.37. The highest BCUT2D eigenvalue weighted by Crippen LogP contribution is 2.32. The Balaban J connectivity index is 2.48. The minimum absolute atomic E-state index is 0.0871. The van der Waals surface area contributed by atoms with Gasteiger partial charge in [0.25, 0.3) is 17.7 Å². The van der Waals surface area contributed by atoms with E-state index in [0.29, 0.717) is 6.54 Å². The van der Waals surface area contributed by atoms with Crippen LogP contribution in [0.3, 0.4) is 0 Å². The maximum atomic E-state index is 12.7. The number of hydrogen-bond donors (Lipinski definition) is 2. The molecule has 9 nitrogen and oxygen atoms in total. The number of nitrogens with one attached hydrogen (secondary N) is 2. The first-order valence-electron chi connectivity index (χ1n) is 8.44. The summed E-state index contributed by atoms with van der Waals surface area (Å²) < 4.78 is 5.09. The number of azo groups is 1. The molecule has 2 rings (SSSR count). The van der Waals surface area contributed by atoms with Gasteiger partial charge in [0.15, 0.2) is 0 Å². The number of carbonyl (C=O) groups excluding carboxylic acids is 3. The van der Waals surface area contributed by atoms with E-state index >= 15 is 0 Å². The molecular weight excluding hydrogens is 350 g/mol. The number of fused-ring (bicyclic) bond motifs is 1. The Morgan fingerprint density at radius 3 is 2.44 bits per heavy atom. The fraction of sp³-hybridized carbons (Fsp3) is 0.389. The fourth-order valence-electron chi connectivity index (χ4n) is 2.66. The summed E-state index contributed by atoms with van der Waals surface area (Å²) in [6, 6.07) is 4.77. The predicted octanol–water partition coefficient (Wildman–Crippen LogP) is 1.80. The molecule has 27 heavy (non-hydrogen) atoms. The Hall–Kier alpha value is -3.23. The van der Waals surface area contributed by atoms with Crippen LogP contribution in [0.5, 0.6) is 0 Å². The molecule has 0 unspecified atom stereocenters. The van der Waals surface area contributed by atoms with Crippen LogP contribution in [0.4, 0.5) is 5.69 Å². The highest BCUT2D eigenvalue weighted by atomic mass is 16.5. The van der Waals surface area contributed by atoms with Crippen molar-refractivity contribution in [3.8, 4) is 0 Å². The van der Waals surface area contributed by atoms with Gasteiger partial charge in [0, 0.05) is 20.6 Å². The van der Waals surface area contributed by atoms with Gasteiger partial charge in [0.05, 0.1) is 23.9 Å². The van der Waals surface area contributed by atoms with Crippen LogP contribution >= 0.6 is 0 Å². The summed E-state index contributed by atoms with van der Waals surface area (Å²) in [7, 11) is 4.41. The summed E-state index contributed by atoms with van der Waals surface area (Å²) in [4.78, 5) is 38.5. The Labute approximate surface area is 157 Å². The van der Waals surface area contributed by atoms with Gasteiger partial charge in [-0.15, -0.1) is 10.2 Å². The van der Waals surface area contributed by atoms with Crippen LogP contribution < -0.4 is 10.6 Å². The van der Waals surface area contributed by atoms with E-state index in [1.165, 1.54) is 19.1 Å². The van der Waals surface area contributed by atoms with Crippen LogP contribution in [0.25, 0.3) is 0 Å². The van der Waals surface area contributed by atoms with Crippen molar-refractivity contribution in [2.45, 2.75) is 13.8 Å². The van der Waals surface area contributed by atoms with Gasteiger partial charge in [-0.2, -0.15) is 0 Å². The molecule has 1 aromatic carbocycles. The molecule has 0 aliphatic carbocycles. The highest BCUT2D eigenvalue weighted by molar-refractivity contribution is 6.23. The summed E-state index contributed by atoms with van der Waals surface area (Å²) in [5.41, 5.74) is 0.593. The van der Waals surface area contributed by atoms with E-state index in [2.05, 4.69) is 20.9 Å². The average molecular weight is 373 g/mol. The Kier molecular flexibility index (Phi) is 6.27. The van der Waals surface area contributed by atoms with Gasteiger partial charge in [-0.3, -0.25) is 19.3 Å². The molecule has 0 atom stereocenters. The maximum Gasteiger partial charge on any atom is 0.277 e. The number of imide groups is 1. The zero-order chi connectivity index (χ0) is 20.1. The van der Waals surface area contributed by atoms with Gasteiger partial charge in [0.2, 0.25) is 11.6 Å². The third kappa shape index (κ3) is 3.97. The second kappa shape index (κ2) is 8.43. The van der Waals surface area contributed by atoms with Gasteiger partial charge in [-0.1, -0.05) is 19.9 Å². The first-order chi connectivity index (χ1) is 12.8. The molecule has 0 saturated heterocycles. The van der Waals surface area contributed by atoms with Crippen LogP contribution in [0, 0.1) is 5.92 Å². The zero-order valence-corrected chi connectivity index (χ0v) is 16.0. The van der Waals surface area contributed by atoms with Crippen molar-refractivity contribution in [2.24, 2.45) is 16.1 Å². The molecule has 0 radical (unpaired) electrons. The number of carbonyl (C=O) groups is 3. The van der Waals surface area contributed by atoms with Gasteiger partial charge in [0.1, 0.15) is 0 Å². The quantitative estimate of drug-likeness (QED) is 0.328. The van der Waals surface area contributed by atoms with Crippen LogP contribution in [-0.4, -0.2) is 50.4 Å². The Morgan fingerprint density at radius 1 is 1.19 bits per heavy atom. The fourth-order valence-corrected chi connectivity index (χ4v) is 2.66. The third-order valence-corrected chi connectivity index (χ3v) is 3.87.